The maximum absolute atomic E-state index is 12.5. The van der Waals surface area contributed by atoms with E-state index in [9.17, 15) is 8.42 Å². The van der Waals surface area contributed by atoms with Crippen LogP contribution in [0.2, 0.25) is 0 Å². The standard InChI is InChI=1S/C17H19NO4S/c1-11-4-6-15(8-12(11)2)23(19,20)18-13(3)14-5-7-16-17(9-14)22-10-21-16/h4-9,13,18H,10H2,1-3H3/t13-/m0/s1. The summed E-state index contributed by atoms with van der Waals surface area (Å²) in [4.78, 5) is 0.271. The van der Waals surface area contributed by atoms with E-state index in [1.54, 1.807) is 31.2 Å². The van der Waals surface area contributed by atoms with Crippen LogP contribution in [0.3, 0.4) is 0 Å². The van der Waals surface area contributed by atoms with Crippen molar-refractivity contribution in [1.29, 1.82) is 0 Å². The molecule has 1 N–H and O–H groups in total. The van der Waals surface area contributed by atoms with Crippen molar-refractivity contribution >= 4 is 10.0 Å². The molecule has 3 rings (SSSR count). The molecule has 1 heterocycles. The second-order valence-corrected chi connectivity index (χ2v) is 7.42. The largest absolute Gasteiger partial charge is 0.454 e. The fourth-order valence-corrected chi connectivity index (χ4v) is 3.75. The molecule has 0 saturated heterocycles. The van der Waals surface area contributed by atoms with Gasteiger partial charge in [-0.3, -0.25) is 0 Å². The van der Waals surface area contributed by atoms with E-state index in [0.717, 1.165) is 16.7 Å². The van der Waals surface area contributed by atoms with Crippen molar-refractivity contribution < 1.29 is 17.9 Å². The third-order valence-corrected chi connectivity index (χ3v) is 5.56. The van der Waals surface area contributed by atoms with Crippen LogP contribution in [0.15, 0.2) is 41.3 Å². The lowest BCUT2D eigenvalue weighted by Crippen LogP contribution is -2.27. The summed E-state index contributed by atoms with van der Waals surface area (Å²) in [5.41, 5.74) is 2.83. The monoisotopic (exact) mass is 333 g/mol. The maximum atomic E-state index is 12.5. The molecule has 122 valence electrons. The first kappa shape index (κ1) is 15.8. The molecule has 23 heavy (non-hydrogen) atoms. The van der Waals surface area contributed by atoms with E-state index in [-0.39, 0.29) is 17.7 Å². The molecule has 0 unspecified atom stereocenters. The van der Waals surface area contributed by atoms with Gasteiger partial charge in [-0.25, -0.2) is 13.1 Å². The van der Waals surface area contributed by atoms with E-state index < -0.39 is 10.0 Å². The predicted octanol–water partition coefficient (Wildman–Crippen LogP) is 3.07. The topological polar surface area (TPSA) is 64.6 Å². The van der Waals surface area contributed by atoms with Gasteiger partial charge in [-0.15, -0.1) is 0 Å². The van der Waals surface area contributed by atoms with Gasteiger partial charge in [0.1, 0.15) is 0 Å². The zero-order valence-corrected chi connectivity index (χ0v) is 14.1. The average molecular weight is 333 g/mol. The number of nitrogens with one attached hydrogen (secondary N) is 1. The summed E-state index contributed by atoms with van der Waals surface area (Å²) in [6, 6.07) is 10.2. The summed E-state index contributed by atoms with van der Waals surface area (Å²) in [6.07, 6.45) is 0. The molecular weight excluding hydrogens is 314 g/mol. The van der Waals surface area contributed by atoms with E-state index >= 15 is 0 Å². The van der Waals surface area contributed by atoms with Gasteiger partial charge in [0.25, 0.3) is 0 Å². The van der Waals surface area contributed by atoms with Gasteiger partial charge in [-0.05, 0) is 61.7 Å². The molecule has 1 aliphatic rings. The Morgan fingerprint density at radius 1 is 1.00 bits per heavy atom. The van der Waals surface area contributed by atoms with Gasteiger partial charge >= 0.3 is 0 Å². The van der Waals surface area contributed by atoms with Gasteiger partial charge < -0.3 is 9.47 Å². The lowest BCUT2D eigenvalue weighted by molar-refractivity contribution is 0.174. The highest BCUT2D eigenvalue weighted by Crippen LogP contribution is 2.34. The van der Waals surface area contributed by atoms with Crippen LogP contribution in [-0.2, 0) is 10.0 Å². The first-order chi connectivity index (χ1) is 10.9. The average Bonchev–Trinajstić information content (AvgIpc) is 2.96. The van der Waals surface area contributed by atoms with Crippen LogP contribution in [-0.4, -0.2) is 15.2 Å². The van der Waals surface area contributed by atoms with Crippen molar-refractivity contribution in [2.24, 2.45) is 0 Å². The van der Waals surface area contributed by atoms with E-state index in [4.69, 9.17) is 9.47 Å². The van der Waals surface area contributed by atoms with Crippen molar-refractivity contribution in [2.75, 3.05) is 6.79 Å². The van der Waals surface area contributed by atoms with Crippen LogP contribution in [0.1, 0.15) is 29.7 Å². The quantitative estimate of drug-likeness (QED) is 0.934. The van der Waals surface area contributed by atoms with Crippen LogP contribution in [0.25, 0.3) is 0 Å². The number of hydrogen-bond donors (Lipinski definition) is 1. The lowest BCUT2D eigenvalue weighted by atomic mass is 10.1. The summed E-state index contributed by atoms with van der Waals surface area (Å²) in [7, 11) is -3.58. The molecule has 2 aromatic carbocycles. The second kappa shape index (κ2) is 5.86. The SMILES string of the molecule is Cc1ccc(S(=O)(=O)N[C@@H](C)c2ccc3c(c2)OCO3)cc1C. The smallest absolute Gasteiger partial charge is 0.241 e. The molecule has 6 heteroatoms. The van der Waals surface area contributed by atoms with Gasteiger partial charge in [0.05, 0.1) is 4.90 Å². The second-order valence-electron chi connectivity index (χ2n) is 5.70. The van der Waals surface area contributed by atoms with Gasteiger partial charge in [0, 0.05) is 6.04 Å². The Balaban J connectivity index is 1.83. The predicted molar refractivity (Wildman–Crippen MR) is 87.2 cm³/mol. The minimum absolute atomic E-state index is 0.196. The van der Waals surface area contributed by atoms with Gasteiger partial charge in [-0.1, -0.05) is 12.1 Å². The summed E-state index contributed by atoms with van der Waals surface area (Å²) in [5.74, 6) is 1.32. The Hall–Kier alpha value is -2.05. The molecule has 1 aliphatic heterocycles. The third-order valence-electron chi connectivity index (χ3n) is 4.02. The van der Waals surface area contributed by atoms with Crippen LogP contribution >= 0.6 is 0 Å². The molecule has 0 aliphatic carbocycles. The molecule has 2 aromatic rings. The van der Waals surface area contributed by atoms with Gasteiger partial charge in [-0.2, -0.15) is 0 Å². The van der Waals surface area contributed by atoms with Crippen LogP contribution < -0.4 is 14.2 Å². The molecule has 0 bridgehead atoms. The molecule has 0 saturated carbocycles. The van der Waals surface area contributed by atoms with Gasteiger partial charge in [0.15, 0.2) is 11.5 Å². The first-order valence-electron chi connectivity index (χ1n) is 7.36. The minimum Gasteiger partial charge on any atom is -0.454 e. The number of sulfonamides is 1. The fraction of sp³-hybridized carbons (Fsp3) is 0.294. The number of fused-ring (bicyclic) bond motifs is 1. The molecule has 0 fully saturated rings. The van der Waals surface area contributed by atoms with Crippen LogP contribution in [0.4, 0.5) is 0 Å². The molecule has 0 radical (unpaired) electrons. The summed E-state index contributed by atoms with van der Waals surface area (Å²) >= 11 is 0. The minimum atomic E-state index is -3.58. The van der Waals surface area contributed by atoms with E-state index in [0.29, 0.717) is 11.5 Å². The summed E-state index contributed by atoms with van der Waals surface area (Å²) in [6.45, 7) is 5.85. The lowest BCUT2D eigenvalue weighted by Gasteiger charge is -2.16. The van der Waals surface area contributed by atoms with E-state index in [1.165, 1.54) is 0 Å². The van der Waals surface area contributed by atoms with E-state index in [1.807, 2.05) is 26.0 Å². The highest BCUT2D eigenvalue weighted by atomic mass is 32.2. The highest BCUT2D eigenvalue weighted by Gasteiger charge is 2.21. The third kappa shape index (κ3) is 3.18. The van der Waals surface area contributed by atoms with Crippen molar-refractivity contribution in [3.05, 3.63) is 53.1 Å². The first-order valence-corrected chi connectivity index (χ1v) is 8.84. The number of rotatable bonds is 4. The number of benzene rings is 2. The zero-order valence-electron chi connectivity index (χ0n) is 13.3. The maximum Gasteiger partial charge on any atom is 0.241 e. The van der Waals surface area contributed by atoms with Gasteiger partial charge in [0.2, 0.25) is 16.8 Å². The zero-order chi connectivity index (χ0) is 16.6. The van der Waals surface area contributed by atoms with Crippen molar-refractivity contribution in [1.82, 2.24) is 4.72 Å². The summed E-state index contributed by atoms with van der Waals surface area (Å²) in [5, 5.41) is 0. The van der Waals surface area contributed by atoms with Crippen LogP contribution in [0.5, 0.6) is 11.5 Å². The summed E-state index contributed by atoms with van der Waals surface area (Å²) < 4.78 is 38.4. The molecule has 0 aromatic heterocycles. The molecule has 1 atom stereocenters. The number of aryl methyl sites for hydroxylation is 2. The van der Waals surface area contributed by atoms with Crippen LogP contribution in [0, 0.1) is 13.8 Å². The molecule has 0 amide bonds. The highest BCUT2D eigenvalue weighted by molar-refractivity contribution is 7.89. The number of ether oxygens (including phenoxy) is 2. The normalized spacial score (nSPS) is 14.7. The van der Waals surface area contributed by atoms with Crippen molar-refractivity contribution in [2.45, 2.75) is 31.7 Å². The number of hydrogen-bond acceptors (Lipinski definition) is 4. The molecule has 0 spiro atoms. The molecule has 5 nitrogen and oxygen atoms in total. The Morgan fingerprint density at radius 3 is 2.48 bits per heavy atom. The Bertz CT molecular complexity index is 846. The van der Waals surface area contributed by atoms with E-state index in [2.05, 4.69) is 4.72 Å². The Morgan fingerprint density at radius 2 is 1.74 bits per heavy atom. The fourth-order valence-electron chi connectivity index (χ4n) is 2.43. The Kier molecular flexibility index (Phi) is 4.04. The molecular formula is C17H19NO4S. The van der Waals surface area contributed by atoms with Crippen molar-refractivity contribution in [3.8, 4) is 11.5 Å². The Labute approximate surface area is 136 Å². The van der Waals surface area contributed by atoms with Crippen molar-refractivity contribution in [3.63, 3.8) is 0 Å².